The summed E-state index contributed by atoms with van der Waals surface area (Å²) in [6.07, 6.45) is 6.80. The summed E-state index contributed by atoms with van der Waals surface area (Å²) in [7, 11) is 0. The zero-order chi connectivity index (χ0) is 12.5. The van der Waals surface area contributed by atoms with E-state index in [2.05, 4.69) is 11.0 Å². The lowest BCUT2D eigenvalue weighted by atomic mass is 9.85. The van der Waals surface area contributed by atoms with Crippen molar-refractivity contribution in [1.29, 1.82) is 0 Å². The van der Waals surface area contributed by atoms with Gasteiger partial charge in [-0.15, -0.1) is 0 Å². The molecule has 1 heterocycles. The average Bonchev–Trinajstić information content (AvgIpc) is 2.82. The quantitative estimate of drug-likeness (QED) is 0.885. The third-order valence-electron chi connectivity index (χ3n) is 4.59. The minimum Gasteiger partial charge on any atom is -0.367 e. The number of hydrogen-bond donors (Lipinski definition) is 1. The number of hydrogen-bond acceptors (Lipinski definition) is 2. The van der Waals surface area contributed by atoms with Crippen molar-refractivity contribution in [3.05, 3.63) is 28.8 Å². The SMILES string of the molecule is NCc1cccc(Cl)c1N1CCC2CCCCC21. The van der Waals surface area contributed by atoms with Gasteiger partial charge in [0.25, 0.3) is 0 Å². The number of benzene rings is 1. The first-order valence-electron chi connectivity index (χ1n) is 7.05. The van der Waals surface area contributed by atoms with E-state index in [1.807, 2.05) is 12.1 Å². The van der Waals surface area contributed by atoms with E-state index in [1.165, 1.54) is 43.4 Å². The lowest BCUT2D eigenvalue weighted by molar-refractivity contribution is 0.342. The molecule has 18 heavy (non-hydrogen) atoms. The maximum Gasteiger partial charge on any atom is 0.0643 e. The molecule has 0 amide bonds. The summed E-state index contributed by atoms with van der Waals surface area (Å²) < 4.78 is 0. The summed E-state index contributed by atoms with van der Waals surface area (Å²) in [4.78, 5) is 2.54. The van der Waals surface area contributed by atoms with E-state index in [9.17, 15) is 0 Å². The van der Waals surface area contributed by atoms with Crippen molar-refractivity contribution < 1.29 is 0 Å². The van der Waals surface area contributed by atoms with Crippen LogP contribution in [0.4, 0.5) is 5.69 Å². The first-order valence-corrected chi connectivity index (χ1v) is 7.43. The zero-order valence-corrected chi connectivity index (χ0v) is 11.5. The van der Waals surface area contributed by atoms with E-state index < -0.39 is 0 Å². The molecule has 0 aromatic heterocycles. The maximum absolute atomic E-state index is 6.42. The molecule has 98 valence electrons. The van der Waals surface area contributed by atoms with Gasteiger partial charge >= 0.3 is 0 Å². The maximum atomic E-state index is 6.42. The van der Waals surface area contributed by atoms with Crippen molar-refractivity contribution in [2.75, 3.05) is 11.4 Å². The highest BCUT2D eigenvalue weighted by Crippen LogP contribution is 2.42. The van der Waals surface area contributed by atoms with Gasteiger partial charge < -0.3 is 10.6 Å². The average molecular weight is 265 g/mol. The Balaban J connectivity index is 1.95. The topological polar surface area (TPSA) is 29.3 Å². The van der Waals surface area contributed by atoms with Crippen LogP contribution in [0.2, 0.25) is 5.02 Å². The molecule has 1 saturated carbocycles. The van der Waals surface area contributed by atoms with Crippen LogP contribution in [0.15, 0.2) is 18.2 Å². The largest absolute Gasteiger partial charge is 0.367 e. The summed E-state index contributed by atoms with van der Waals surface area (Å²) in [5.41, 5.74) is 8.26. The minimum atomic E-state index is 0.573. The fourth-order valence-electron chi connectivity index (χ4n) is 3.73. The molecule has 1 aromatic rings. The van der Waals surface area contributed by atoms with Crippen LogP contribution in [0.25, 0.3) is 0 Å². The molecule has 0 spiro atoms. The van der Waals surface area contributed by atoms with Crippen molar-refractivity contribution in [3.8, 4) is 0 Å². The van der Waals surface area contributed by atoms with Gasteiger partial charge in [0.05, 0.1) is 10.7 Å². The fourth-order valence-corrected chi connectivity index (χ4v) is 4.03. The molecule has 2 N–H and O–H groups in total. The highest BCUT2D eigenvalue weighted by molar-refractivity contribution is 6.33. The zero-order valence-electron chi connectivity index (χ0n) is 10.7. The van der Waals surface area contributed by atoms with Gasteiger partial charge in [-0.2, -0.15) is 0 Å². The Kier molecular flexibility index (Phi) is 3.49. The molecule has 1 aromatic carbocycles. The van der Waals surface area contributed by atoms with Crippen LogP contribution in [0, 0.1) is 5.92 Å². The van der Waals surface area contributed by atoms with Crippen LogP contribution in [0.1, 0.15) is 37.7 Å². The summed E-state index contributed by atoms with van der Waals surface area (Å²) in [6, 6.07) is 6.80. The summed E-state index contributed by atoms with van der Waals surface area (Å²) in [5, 5.41) is 0.865. The van der Waals surface area contributed by atoms with Crippen LogP contribution in [0.3, 0.4) is 0 Å². The normalized spacial score (nSPS) is 27.3. The molecule has 1 saturated heterocycles. The second kappa shape index (κ2) is 5.10. The number of halogens is 1. The van der Waals surface area contributed by atoms with Gasteiger partial charge in [0.1, 0.15) is 0 Å². The van der Waals surface area contributed by atoms with E-state index in [0.29, 0.717) is 12.6 Å². The lowest BCUT2D eigenvalue weighted by Crippen LogP contribution is -2.35. The number of nitrogens with two attached hydrogens (primary N) is 1. The van der Waals surface area contributed by atoms with Crippen LogP contribution < -0.4 is 10.6 Å². The van der Waals surface area contributed by atoms with Gasteiger partial charge in [-0.05, 0) is 36.8 Å². The van der Waals surface area contributed by atoms with E-state index in [-0.39, 0.29) is 0 Å². The number of anilines is 1. The molecule has 3 heteroatoms. The predicted octanol–water partition coefficient (Wildman–Crippen LogP) is 3.57. The van der Waals surface area contributed by atoms with Crippen molar-refractivity contribution in [2.24, 2.45) is 11.7 Å². The molecule has 0 radical (unpaired) electrons. The highest BCUT2D eigenvalue weighted by Gasteiger charge is 2.36. The number of rotatable bonds is 2. The predicted molar refractivity (Wildman–Crippen MR) is 77.1 cm³/mol. The monoisotopic (exact) mass is 264 g/mol. The minimum absolute atomic E-state index is 0.573. The third-order valence-corrected chi connectivity index (χ3v) is 4.89. The van der Waals surface area contributed by atoms with Gasteiger partial charge in [-0.25, -0.2) is 0 Å². The second-order valence-electron chi connectivity index (χ2n) is 5.55. The highest BCUT2D eigenvalue weighted by atomic mass is 35.5. The second-order valence-corrected chi connectivity index (χ2v) is 5.95. The molecule has 2 atom stereocenters. The van der Waals surface area contributed by atoms with E-state index in [1.54, 1.807) is 0 Å². The Morgan fingerprint density at radius 2 is 2.06 bits per heavy atom. The van der Waals surface area contributed by atoms with Gasteiger partial charge in [0, 0.05) is 19.1 Å². The van der Waals surface area contributed by atoms with E-state index >= 15 is 0 Å². The Morgan fingerprint density at radius 1 is 1.22 bits per heavy atom. The summed E-state index contributed by atoms with van der Waals surface area (Å²) in [6.45, 7) is 1.72. The first-order chi connectivity index (χ1) is 8.81. The summed E-state index contributed by atoms with van der Waals surface area (Å²) >= 11 is 6.42. The molecular formula is C15H21ClN2. The van der Waals surface area contributed by atoms with Crippen LogP contribution in [-0.4, -0.2) is 12.6 Å². The Morgan fingerprint density at radius 3 is 2.89 bits per heavy atom. The van der Waals surface area contributed by atoms with E-state index in [4.69, 9.17) is 17.3 Å². The van der Waals surface area contributed by atoms with Crippen molar-refractivity contribution in [3.63, 3.8) is 0 Å². The van der Waals surface area contributed by atoms with E-state index in [0.717, 1.165) is 17.5 Å². The molecule has 1 aliphatic heterocycles. The van der Waals surface area contributed by atoms with Crippen LogP contribution in [0.5, 0.6) is 0 Å². The molecule has 3 rings (SSSR count). The van der Waals surface area contributed by atoms with Crippen molar-refractivity contribution in [1.82, 2.24) is 0 Å². The van der Waals surface area contributed by atoms with Crippen LogP contribution in [-0.2, 0) is 6.54 Å². The number of para-hydroxylation sites is 1. The van der Waals surface area contributed by atoms with Crippen molar-refractivity contribution in [2.45, 2.75) is 44.7 Å². The summed E-state index contributed by atoms with van der Waals surface area (Å²) in [5.74, 6) is 0.876. The van der Waals surface area contributed by atoms with Gasteiger partial charge in [0.2, 0.25) is 0 Å². The molecule has 2 unspecified atom stereocenters. The van der Waals surface area contributed by atoms with Crippen LogP contribution >= 0.6 is 11.6 Å². The Labute approximate surface area is 114 Å². The Bertz CT molecular complexity index is 433. The van der Waals surface area contributed by atoms with Gasteiger partial charge in [-0.1, -0.05) is 36.6 Å². The molecule has 1 aliphatic carbocycles. The number of fused-ring (bicyclic) bond motifs is 1. The molecule has 2 fully saturated rings. The third kappa shape index (κ3) is 2.02. The lowest BCUT2D eigenvalue weighted by Gasteiger charge is -2.34. The molecular weight excluding hydrogens is 244 g/mol. The van der Waals surface area contributed by atoms with Gasteiger partial charge in [0.15, 0.2) is 0 Å². The molecule has 2 nitrogen and oxygen atoms in total. The number of nitrogens with zero attached hydrogens (tertiary/aromatic N) is 1. The fraction of sp³-hybridized carbons (Fsp3) is 0.600. The first kappa shape index (κ1) is 12.3. The molecule has 0 bridgehead atoms. The Hall–Kier alpha value is -0.730. The molecule has 2 aliphatic rings. The smallest absolute Gasteiger partial charge is 0.0643 e. The van der Waals surface area contributed by atoms with Crippen molar-refractivity contribution >= 4 is 17.3 Å². The van der Waals surface area contributed by atoms with Gasteiger partial charge in [-0.3, -0.25) is 0 Å². The standard InChI is InChI=1S/C15H21ClN2/c16-13-6-3-5-12(10-17)15(13)18-9-8-11-4-1-2-7-14(11)18/h3,5-6,11,14H,1-2,4,7-10,17H2.